The summed E-state index contributed by atoms with van der Waals surface area (Å²) in [6.07, 6.45) is 5.15. The highest BCUT2D eigenvalue weighted by molar-refractivity contribution is 4.63. The van der Waals surface area contributed by atoms with Gasteiger partial charge in [0.1, 0.15) is 0 Å². The van der Waals surface area contributed by atoms with Crippen LogP contribution in [0.1, 0.15) is 32.6 Å². The van der Waals surface area contributed by atoms with Crippen molar-refractivity contribution < 1.29 is 0 Å². The molecule has 0 aliphatic rings. The molecule has 2 nitrogen and oxygen atoms in total. The molecule has 2 heteroatoms. The quantitative estimate of drug-likeness (QED) is 0.548. The van der Waals surface area contributed by atoms with Gasteiger partial charge in [-0.2, -0.15) is 0 Å². The molecule has 0 bridgehead atoms. The first kappa shape index (κ1) is 9.92. The van der Waals surface area contributed by atoms with Crippen LogP contribution in [0, 0.1) is 0 Å². The average molecular weight is 144 g/mol. The van der Waals surface area contributed by atoms with E-state index in [4.69, 9.17) is 5.73 Å². The molecule has 0 heterocycles. The molecule has 1 atom stereocenters. The molecule has 0 amide bonds. The third-order valence-corrected chi connectivity index (χ3v) is 1.85. The molecular formula is C8H20N2. The summed E-state index contributed by atoms with van der Waals surface area (Å²) in [6.45, 7) is 2.98. The van der Waals surface area contributed by atoms with Gasteiger partial charge in [0, 0.05) is 12.6 Å². The Labute approximate surface area is 64.2 Å². The van der Waals surface area contributed by atoms with E-state index >= 15 is 0 Å². The third kappa shape index (κ3) is 4.77. The fraction of sp³-hybridized carbons (Fsp3) is 1.00. The SMILES string of the molecule is CCCCCC(CN)NC. The van der Waals surface area contributed by atoms with Crippen molar-refractivity contribution in [2.75, 3.05) is 13.6 Å². The Balaban J connectivity index is 3.09. The molecule has 0 rings (SSSR count). The Morgan fingerprint density at radius 3 is 2.50 bits per heavy atom. The maximum atomic E-state index is 5.50. The van der Waals surface area contributed by atoms with Crippen LogP contribution in [0.4, 0.5) is 0 Å². The van der Waals surface area contributed by atoms with E-state index < -0.39 is 0 Å². The second-order valence-corrected chi connectivity index (χ2v) is 2.72. The molecule has 0 aliphatic carbocycles. The smallest absolute Gasteiger partial charge is 0.0187 e. The zero-order valence-electron chi connectivity index (χ0n) is 7.19. The van der Waals surface area contributed by atoms with Gasteiger partial charge in [-0.05, 0) is 13.5 Å². The molecule has 62 valence electrons. The van der Waals surface area contributed by atoms with Crippen molar-refractivity contribution in [3.05, 3.63) is 0 Å². The van der Waals surface area contributed by atoms with E-state index in [9.17, 15) is 0 Å². The number of hydrogen-bond acceptors (Lipinski definition) is 2. The fourth-order valence-corrected chi connectivity index (χ4v) is 1.02. The van der Waals surface area contributed by atoms with Crippen LogP contribution in [0.2, 0.25) is 0 Å². The summed E-state index contributed by atoms with van der Waals surface area (Å²) in [7, 11) is 1.98. The van der Waals surface area contributed by atoms with E-state index in [0.717, 1.165) is 6.54 Å². The first-order valence-electron chi connectivity index (χ1n) is 4.22. The van der Waals surface area contributed by atoms with Gasteiger partial charge in [-0.25, -0.2) is 0 Å². The van der Waals surface area contributed by atoms with Gasteiger partial charge in [0.05, 0.1) is 0 Å². The molecule has 3 N–H and O–H groups in total. The van der Waals surface area contributed by atoms with Crippen LogP contribution >= 0.6 is 0 Å². The van der Waals surface area contributed by atoms with Gasteiger partial charge in [0.25, 0.3) is 0 Å². The summed E-state index contributed by atoms with van der Waals surface area (Å²) < 4.78 is 0. The number of rotatable bonds is 6. The molecule has 0 fully saturated rings. The molecule has 0 aliphatic heterocycles. The van der Waals surface area contributed by atoms with Gasteiger partial charge >= 0.3 is 0 Å². The molecule has 0 radical (unpaired) electrons. The van der Waals surface area contributed by atoms with E-state index in [1.807, 2.05) is 7.05 Å². The normalized spacial score (nSPS) is 13.5. The van der Waals surface area contributed by atoms with Crippen LogP contribution in [0.3, 0.4) is 0 Å². The molecule has 1 unspecified atom stereocenters. The topological polar surface area (TPSA) is 38.0 Å². The second kappa shape index (κ2) is 7.03. The van der Waals surface area contributed by atoms with Crippen LogP contribution in [0.5, 0.6) is 0 Å². The lowest BCUT2D eigenvalue weighted by Crippen LogP contribution is -2.32. The number of nitrogens with one attached hydrogen (secondary N) is 1. The van der Waals surface area contributed by atoms with Crippen molar-refractivity contribution in [2.24, 2.45) is 5.73 Å². The molecule has 0 spiro atoms. The first-order valence-corrected chi connectivity index (χ1v) is 4.22. The molecule has 0 aromatic carbocycles. The van der Waals surface area contributed by atoms with E-state index in [-0.39, 0.29) is 0 Å². The van der Waals surface area contributed by atoms with Crippen LogP contribution in [0.25, 0.3) is 0 Å². The lowest BCUT2D eigenvalue weighted by Gasteiger charge is -2.12. The monoisotopic (exact) mass is 144 g/mol. The summed E-state index contributed by atoms with van der Waals surface area (Å²) in [6, 6.07) is 0.534. The summed E-state index contributed by atoms with van der Waals surface area (Å²) >= 11 is 0. The molecular weight excluding hydrogens is 124 g/mol. The lowest BCUT2D eigenvalue weighted by molar-refractivity contribution is 0.500. The largest absolute Gasteiger partial charge is 0.329 e. The Bertz CT molecular complexity index is 60.3. The number of unbranched alkanes of at least 4 members (excludes halogenated alkanes) is 2. The van der Waals surface area contributed by atoms with Crippen LogP contribution in [-0.4, -0.2) is 19.6 Å². The Morgan fingerprint density at radius 1 is 1.40 bits per heavy atom. The van der Waals surface area contributed by atoms with Crippen molar-refractivity contribution in [2.45, 2.75) is 38.6 Å². The van der Waals surface area contributed by atoms with E-state index in [2.05, 4.69) is 12.2 Å². The highest BCUT2D eigenvalue weighted by atomic mass is 14.9. The van der Waals surface area contributed by atoms with Crippen molar-refractivity contribution in [3.8, 4) is 0 Å². The Kier molecular flexibility index (Phi) is 6.98. The number of hydrogen-bond donors (Lipinski definition) is 2. The van der Waals surface area contributed by atoms with Gasteiger partial charge in [0.15, 0.2) is 0 Å². The first-order chi connectivity index (χ1) is 4.85. The predicted octanol–water partition coefficient (Wildman–Crippen LogP) is 1.11. The summed E-state index contributed by atoms with van der Waals surface area (Å²) in [5.41, 5.74) is 5.50. The lowest BCUT2D eigenvalue weighted by atomic mass is 10.1. The highest BCUT2D eigenvalue weighted by Gasteiger charge is 2.00. The maximum Gasteiger partial charge on any atom is 0.0187 e. The van der Waals surface area contributed by atoms with Gasteiger partial charge in [-0.1, -0.05) is 26.2 Å². The fourth-order valence-electron chi connectivity index (χ4n) is 1.02. The molecule has 0 aromatic heterocycles. The Morgan fingerprint density at radius 2 is 2.10 bits per heavy atom. The van der Waals surface area contributed by atoms with E-state index in [0.29, 0.717) is 6.04 Å². The Hall–Kier alpha value is -0.0800. The van der Waals surface area contributed by atoms with Gasteiger partial charge in [-0.3, -0.25) is 0 Å². The summed E-state index contributed by atoms with van der Waals surface area (Å²) in [5, 5.41) is 3.19. The molecule has 10 heavy (non-hydrogen) atoms. The average Bonchev–Trinajstić information content (AvgIpc) is 1.99. The van der Waals surface area contributed by atoms with Crippen molar-refractivity contribution in [1.29, 1.82) is 0 Å². The van der Waals surface area contributed by atoms with Gasteiger partial charge < -0.3 is 11.1 Å². The molecule has 0 saturated heterocycles. The minimum absolute atomic E-state index is 0.534. The third-order valence-electron chi connectivity index (χ3n) is 1.85. The highest BCUT2D eigenvalue weighted by Crippen LogP contribution is 2.01. The van der Waals surface area contributed by atoms with Crippen LogP contribution < -0.4 is 11.1 Å². The van der Waals surface area contributed by atoms with E-state index in [1.54, 1.807) is 0 Å². The number of likely N-dealkylation sites (N-methyl/N-ethyl adjacent to an activating group) is 1. The summed E-state index contributed by atoms with van der Waals surface area (Å²) in [5.74, 6) is 0. The standard InChI is InChI=1S/C8H20N2/c1-3-4-5-6-8(7-9)10-2/h8,10H,3-7,9H2,1-2H3. The van der Waals surface area contributed by atoms with Gasteiger partial charge in [0.2, 0.25) is 0 Å². The van der Waals surface area contributed by atoms with E-state index in [1.165, 1.54) is 25.7 Å². The minimum atomic E-state index is 0.534. The predicted molar refractivity (Wildman–Crippen MR) is 46.0 cm³/mol. The molecule has 0 aromatic rings. The summed E-state index contributed by atoms with van der Waals surface area (Å²) in [4.78, 5) is 0. The van der Waals surface area contributed by atoms with Crippen LogP contribution in [0.15, 0.2) is 0 Å². The minimum Gasteiger partial charge on any atom is -0.329 e. The van der Waals surface area contributed by atoms with Gasteiger partial charge in [-0.15, -0.1) is 0 Å². The van der Waals surface area contributed by atoms with Crippen molar-refractivity contribution in [1.82, 2.24) is 5.32 Å². The second-order valence-electron chi connectivity index (χ2n) is 2.72. The zero-order chi connectivity index (χ0) is 7.82. The zero-order valence-corrected chi connectivity index (χ0v) is 7.19. The van der Waals surface area contributed by atoms with Crippen molar-refractivity contribution >= 4 is 0 Å². The van der Waals surface area contributed by atoms with Crippen molar-refractivity contribution in [3.63, 3.8) is 0 Å². The number of nitrogens with two attached hydrogens (primary N) is 1. The molecule has 0 saturated carbocycles. The van der Waals surface area contributed by atoms with Crippen LogP contribution in [-0.2, 0) is 0 Å². The maximum absolute atomic E-state index is 5.50.